The minimum Gasteiger partial charge on any atom is -0.325 e. The Bertz CT molecular complexity index is 647. The number of alkyl halides is 1. The summed E-state index contributed by atoms with van der Waals surface area (Å²) in [7, 11) is 0. The Morgan fingerprint density at radius 2 is 2.18 bits per heavy atom. The third-order valence-electron chi connectivity index (χ3n) is 4.05. The van der Waals surface area contributed by atoms with E-state index in [0.29, 0.717) is 25.9 Å². The molecule has 0 aliphatic carbocycles. The van der Waals surface area contributed by atoms with Gasteiger partial charge in [-0.05, 0) is 23.6 Å². The van der Waals surface area contributed by atoms with Crippen molar-refractivity contribution in [1.29, 1.82) is 0 Å². The highest BCUT2D eigenvalue weighted by molar-refractivity contribution is 9.09. The molecular weight excluding hydrogens is 350 g/mol. The van der Waals surface area contributed by atoms with E-state index in [1.165, 1.54) is 0 Å². The quantitative estimate of drug-likeness (QED) is 0.621. The number of amides is 3. The van der Waals surface area contributed by atoms with Gasteiger partial charge in [0.25, 0.3) is 0 Å². The number of hydrogen-bond donors (Lipinski definition) is 2. The summed E-state index contributed by atoms with van der Waals surface area (Å²) in [5.41, 5.74) is 2.94. The van der Waals surface area contributed by atoms with E-state index in [-0.39, 0.29) is 29.1 Å². The van der Waals surface area contributed by atoms with Crippen molar-refractivity contribution in [3.8, 4) is 0 Å². The van der Waals surface area contributed by atoms with Gasteiger partial charge < -0.3 is 5.32 Å². The number of fused-ring (bicyclic) bond motifs is 1. The van der Waals surface area contributed by atoms with Crippen molar-refractivity contribution in [3.05, 3.63) is 29.3 Å². The smallest absolute Gasteiger partial charge is 0.243 e. The predicted molar refractivity (Wildman–Crippen MR) is 84.3 cm³/mol. The van der Waals surface area contributed by atoms with Crippen molar-refractivity contribution in [2.24, 2.45) is 0 Å². The number of anilines is 1. The van der Waals surface area contributed by atoms with Crippen LogP contribution in [0.3, 0.4) is 0 Å². The van der Waals surface area contributed by atoms with Gasteiger partial charge in [0.15, 0.2) is 0 Å². The van der Waals surface area contributed by atoms with Gasteiger partial charge in [0.2, 0.25) is 17.7 Å². The summed E-state index contributed by atoms with van der Waals surface area (Å²) >= 11 is 3.13. The third-order valence-corrected chi connectivity index (χ3v) is 4.56. The number of benzene rings is 1. The van der Waals surface area contributed by atoms with Gasteiger partial charge in [0.1, 0.15) is 0 Å². The fourth-order valence-electron chi connectivity index (χ4n) is 3.00. The van der Waals surface area contributed by atoms with Gasteiger partial charge in [-0.25, -0.2) is 0 Å². The van der Waals surface area contributed by atoms with E-state index in [0.717, 1.165) is 16.8 Å². The second-order valence-electron chi connectivity index (χ2n) is 5.50. The summed E-state index contributed by atoms with van der Waals surface area (Å²) in [6, 6.07) is 5.49. The number of hydrogen-bond acceptors (Lipinski definition) is 4. The van der Waals surface area contributed by atoms with Gasteiger partial charge in [-0.1, -0.05) is 28.1 Å². The highest BCUT2D eigenvalue weighted by atomic mass is 79.9. The molecule has 0 aromatic heterocycles. The van der Waals surface area contributed by atoms with Crippen LogP contribution in [0.5, 0.6) is 0 Å². The minimum atomic E-state index is -0.287. The maximum Gasteiger partial charge on any atom is 0.243 e. The number of nitrogens with one attached hydrogen (secondary N) is 2. The molecule has 2 heterocycles. The van der Waals surface area contributed by atoms with Crippen molar-refractivity contribution in [3.63, 3.8) is 0 Å². The summed E-state index contributed by atoms with van der Waals surface area (Å²) in [5.74, 6) is -0.536. The van der Waals surface area contributed by atoms with Crippen molar-refractivity contribution in [1.82, 2.24) is 10.2 Å². The Balaban J connectivity index is 1.78. The molecule has 116 valence electrons. The lowest BCUT2D eigenvalue weighted by atomic mass is 10.0. The number of nitrogens with zero attached hydrogens (tertiary/aromatic N) is 1. The van der Waals surface area contributed by atoms with Crippen molar-refractivity contribution >= 4 is 39.3 Å². The number of carbonyl (C=O) groups is 3. The number of imide groups is 1. The van der Waals surface area contributed by atoms with Crippen molar-refractivity contribution in [2.45, 2.75) is 32.0 Å². The predicted octanol–water partition coefficient (Wildman–Crippen LogP) is 1.14. The lowest BCUT2D eigenvalue weighted by Crippen LogP contribution is -2.50. The molecule has 0 radical (unpaired) electrons. The lowest BCUT2D eigenvalue weighted by molar-refractivity contribution is -0.137. The van der Waals surface area contributed by atoms with Gasteiger partial charge in [0.05, 0.1) is 11.4 Å². The normalized spacial score (nSPS) is 21.4. The highest BCUT2D eigenvalue weighted by Crippen LogP contribution is 2.32. The number of carbonyl (C=O) groups excluding carboxylic acids is 3. The van der Waals surface area contributed by atoms with Crippen LogP contribution in [0.25, 0.3) is 0 Å². The van der Waals surface area contributed by atoms with Crippen LogP contribution < -0.4 is 10.6 Å². The Labute approximate surface area is 136 Å². The maximum atomic E-state index is 12.0. The van der Waals surface area contributed by atoms with Gasteiger partial charge in [0, 0.05) is 25.2 Å². The van der Waals surface area contributed by atoms with E-state index in [1.54, 1.807) is 0 Å². The average Bonchev–Trinajstić information content (AvgIpc) is 2.91. The highest BCUT2D eigenvalue weighted by Gasteiger charge is 2.35. The minimum absolute atomic E-state index is 0.104. The van der Waals surface area contributed by atoms with E-state index < -0.39 is 0 Å². The molecule has 2 N–H and O–H groups in total. The van der Waals surface area contributed by atoms with E-state index in [1.807, 2.05) is 18.2 Å². The van der Waals surface area contributed by atoms with Crippen molar-refractivity contribution < 1.29 is 14.4 Å². The van der Waals surface area contributed by atoms with Gasteiger partial charge >= 0.3 is 0 Å². The van der Waals surface area contributed by atoms with Gasteiger partial charge in [-0.15, -0.1) is 0 Å². The molecule has 3 rings (SSSR count). The van der Waals surface area contributed by atoms with E-state index in [4.69, 9.17) is 0 Å². The fraction of sp³-hybridized carbons (Fsp3) is 0.400. The van der Waals surface area contributed by atoms with Crippen LogP contribution in [0.1, 0.15) is 24.0 Å². The molecule has 1 fully saturated rings. The zero-order valence-electron chi connectivity index (χ0n) is 11.9. The van der Waals surface area contributed by atoms with Crippen molar-refractivity contribution in [2.75, 3.05) is 10.6 Å². The summed E-state index contributed by atoms with van der Waals surface area (Å²) in [4.78, 5) is 36.9. The average molecular weight is 366 g/mol. The van der Waals surface area contributed by atoms with E-state index in [2.05, 4.69) is 31.5 Å². The summed E-state index contributed by atoms with van der Waals surface area (Å²) in [6.45, 7) is 1.25. The monoisotopic (exact) mass is 365 g/mol. The van der Waals surface area contributed by atoms with Crippen LogP contribution >= 0.6 is 15.9 Å². The molecule has 0 bridgehead atoms. The Morgan fingerprint density at radius 1 is 1.36 bits per heavy atom. The molecule has 2 aliphatic heterocycles. The second-order valence-corrected chi connectivity index (χ2v) is 6.06. The van der Waals surface area contributed by atoms with Gasteiger partial charge in [-0.3, -0.25) is 24.6 Å². The molecule has 3 amide bonds. The zero-order valence-corrected chi connectivity index (χ0v) is 13.5. The largest absolute Gasteiger partial charge is 0.325 e. The number of rotatable bonds is 3. The van der Waals surface area contributed by atoms with Gasteiger partial charge in [-0.2, -0.15) is 0 Å². The molecular formula is C15H16BrN3O3. The third kappa shape index (κ3) is 2.91. The molecule has 1 aromatic carbocycles. The first-order chi connectivity index (χ1) is 10.6. The molecule has 1 unspecified atom stereocenters. The molecule has 0 saturated carbocycles. The molecule has 2 aliphatic rings. The molecule has 1 saturated heterocycles. The first-order valence-corrected chi connectivity index (χ1v) is 8.25. The Kier molecular flexibility index (Phi) is 4.26. The summed E-state index contributed by atoms with van der Waals surface area (Å²) in [5, 5.41) is 5.50. The topological polar surface area (TPSA) is 78.5 Å². The zero-order chi connectivity index (χ0) is 15.7. The first-order valence-electron chi connectivity index (χ1n) is 7.13. The molecule has 1 aromatic rings. The molecule has 7 heteroatoms. The number of halogens is 1. The van der Waals surface area contributed by atoms with Crippen LogP contribution in [-0.4, -0.2) is 34.0 Å². The van der Waals surface area contributed by atoms with Crippen LogP contribution in [-0.2, 0) is 27.5 Å². The summed E-state index contributed by atoms with van der Waals surface area (Å²) in [6.07, 6.45) is 0.915. The first kappa shape index (κ1) is 15.2. The molecule has 0 spiro atoms. The molecule has 6 nitrogen and oxygen atoms in total. The van der Waals surface area contributed by atoms with E-state index >= 15 is 0 Å². The molecule has 1 atom stereocenters. The Morgan fingerprint density at radius 3 is 2.91 bits per heavy atom. The van der Waals surface area contributed by atoms with Crippen LogP contribution in [0.15, 0.2) is 18.2 Å². The maximum absolute atomic E-state index is 12.0. The van der Waals surface area contributed by atoms with Crippen LogP contribution in [0.4, 0.5) is 5.69 Å². The SMILES string of the molecule is O=C1CCC(N2Cc3cccc(NC(=O)CBr)c3C2)C(=O)N1. The lowest BCUT2D eigenvalue weighted by Gasteiger charge is -2.29. The fourth-order valence-corrected chi connectivity index (χ4v) is 3.14. The Hall–Kier alpha value is -1.73. The van der Waals surface area contributed by atoms with Crippen LogP contribution in [0.2, 0.25) is 0 Å². The van der Waals surface area contributed by atoms with E-state index in [9.17, 15) is 14.4 Å². The number of piperidine rings is 1. The second kappa shape index (κ2) is 6.18. The summed E-state index contributed by atoms with van der Waals surface area (Å²) < 4.78 is 0. The molecule has 22 heavy (non-hydrogen) atoms. The van der Waals surface area contributed by atoms with Crippen LogP contribution in [0, 0.1) is 0 Å². The standard InChI is InChI=1S/C15H16BrN3O3/c16-6-14(21)17-11-3-1-2-9-7-19(8-10(9)11)12-4-5-13(20)18-15(12)22/h1-3,12H,4-8H2,(H,17,21)(H,18,20,22).